The third-order valence-corrected chi connectivity index (χ3v) is 4.44. The number of nitrogens with one attached hydrogen (secondary N) is 3. The van der Waals surface area contributed by atoms with Crippen LogP contribution in [0.15, 0.2) is 46.8 Å². The van der Waals surface area contributed by atoms with Gasteiger partial charge in [-0.15, -0.1) is 11.3 Å². The van der Waals surface area contributed by atoms with Gasteiger partial charge in [-0.25, -0.2) is 0 Å². The minimum Gasteiger partial charge on any atom is -0.497 e. The molecule has 1 aromatic carbocycles. The molecule has 1 amide bonds. The van der Waals surface area contributed by atoms with E-state index in [-0.39, 0.29) is 5.91 Å². The van der Waals surface area contributed by atoms with E-state index in [1.54, 1.807) is 43.7 Å². The molecule has 0 aliphatic heterocycles. The van der Waals surface area contributed by atoms with Gasteiger partial charge in [0.1, 0.15) is 5.75 Å². The number of methoxy groups -OCH3 is 1. The van der Waals surface area contributed by atoms with E-state index in [1.165, 1.54) is 4.88 Å². The second-order valence-electron chi connectivity index (χ2n) is 5.24. The smallest absolute Gasteiger partial charge is 0.251 e. The van der Waals surface area contributed by atoms with Crippen molar-refractivity contribution in [3.63, 3.8) is 0 Å². The highest BCUT2D eigenvalue weighted by atomic mass is 32.1. The Morgan fingerprint density at radius 1 is 1.12 bits per heavy atom. The van der Waals surface area contributed by atoms with Crippen molar-refractivity contribution in [1.29, 1.82) is 0 Å². The van der Waals surface area contributed by atoms with Gasteiger partial charge in [0, 0.05) is 37.1 Å². The highest BCUT2D eigenvalue weighted by Gasteiger charge is 2.06. The molecule has 0 unspecified atom stereocenters. The summed E-state index contributed by atoms with van der Waals surface area (Å²) in [5.41, 5.74) is 0.581. The topological polar surface area (TPSA) is 74.8 Å². The van der Waals surface area contributed by atoms with Crippen LogP contribution in [-0.2, 0) is 6.42 Å². The number of hydrogen-bond donors (Lipinski definition) is 3. The maximum atomic E-state index is 12.1. The highest BCUT2D eigenvalue weighted by molar-refractivity contribution is 7.09. The van der Waals surface area contributed by atoms with Crippen molar-refractivity contribution in [2.75, 3.05) is 33.8 Å². The number of thiophene rings is 1. The van der Waals surface area contributed by atoms with Gasteiger partial charge < -0.3 is 20.7 Å². The molecule has 0 atom stereocenters. The quantitative estimate of drug-likeness (QED) is 0.382. The lowest BCUT2D eigenvalue weighted by molar-refractivity contribution is 0.0954. The largest absolute Gasteiger partial charge is 0.497 e. The zero-order valence-electron chi connectivity index (χ0n) is 14.5. The van der Waals surface area contributed by atoms with E-state index < -0.39 is 0 Å². The lowest BCUT2D eigenvalue weighted by Gasteiger charge is -2.12. The average molecular weight is 360 g/mol. The number of ether oxygens (including phenoxy) is 1. The fraction of sp³-hybridized carbons (Fsp3) is 0.333. The Balaban J connectivity index is 1.65. The standard InChI is InChI=1S/C18H24N4O2S/c1-19-18(21-9-8-16-7-4-12-25-16)22-11-10-20-17(23)14-5-3-6-15(13-14)24-2/h3-7,12-13H,8-11H2,1-2H3,(H,20,23)(H2,19,21,22). The summed E-state index contributed by atoms with van der Waals surface area (Å²) in [6.45, 7) is 1.91. The summed E-state index contributed by atoms with van der Waals surface area (Å²) >= 11 is 1.75. The van der Waals surface area contributed by atoms with Crippen molar-refractivity contribution < 1.29 is 9.53 Å². The van der Waals surface area contributed by atoms with Crippen molar-refractivity contribution in [1.82, 2.24) is 16.0 Å². The van der Waals surface area contributed by atoms with Crippen molar-refractivity contribution in [2.45, 2.75) is 6.42 Å². The Morgan fingerprint density at radius 3 is 2.64 bits per heavy atom. The summed E-state index contributed by atoms with van der Waals surface area (Å²) in [4.78, 5) is 17.6. The molecule has 2 aromatic rings. The van der Waals surface area contributed by atoms with E-state index in [0.717, 1.165) is 18.9 Å². The van der Waals surface area contributed by atoms with Gasteiger partial charge in [-0.2, -0.15) is 0 Å². The summed E-state index contributed by atoms with van der Waals surface area (Å²) in [7, 11) is 3.31. The first kappa shape index (κ1) is 18.8. The van der Waals surface area contributed by atoms with Crippen molar-refractivity contribution in [3.8, 4) is 5.75 Å². The van der Waals surface area contributed by atoms with Crippen LogP contribution in [0.5, 0.6) is 5.75 Å². The molecule has 0 aliphatic rings. The normalized spacial score (nSPS) is 11.0. The highest BCUT2D eigenvalue weighted by Crippen LogP contribution is 2.12. The van der Waals surface area contributed by atoms with Gasteiger partial charge in [0.25, 0.3) is 5.91 Å². The van der Waals surface area contributed by atoms with Gasteiger partial charge in [-0.1, -0.05) is 12.1 Å². The number of rotatable bonds is 8. The Bertz CT molecular complexity index is 686. The molecular formula is C18H24N4O2S. The fourth-order valence-electron chi connectivity index (χ4n) is 2.20. The number of hydrogen-bond acceptors (Lipinski definition) is 4. The van der Waals surface area contributed by atoms with Crippen LogP contribution in [0.3, 0.4) is 0 Å². The zero-order chi connectivity index (χ0) is 17.9. The number of benzene rings is 1. The van der Waals surface area contributed by atoms with Crippen LogP contribution in [0.25, 0.3) is 0 Å². The van der Waals surface area contributed by atoms with Crippen LogP contribution in [-0.4, -0.2) is 45.7 Å². The van der Waals surface area contributed by atoms with Gasteiger partial charge >= 0.3 is 0 Å². The second kappa shape index (κ2) is 10.4. The molecule has 25 heavy (non-hydrogen) atoms. The van der Waals surface area contributed by atoms with E-state index in [4.69, 9.17) is 4.74 Å². The van der Waals surface area contributed by atoms with E-state index >= 15 is 0 Å². The van der Waals surface area contributed by atoms with Crippen LogP contribution in [0.4, 0.5) is 0 Å². The molecule has 0 bridgehead atoms. The molecule has 0 fully saturated rings. The van der Waals surface area contributed by atoms with Crippen molar-refractivity contribution >= 4 is 23.2 Å². The van der Waals surface area contributed by atoms with Gasteiger partial charge in [0.2, 0.25) is 0 Å². The lowest BCUT2D eigenvalue weighted by Crippen LogP contribution is -2.42. The van der Waals surface area contributed by atoms with E-state index in [0.29, 0.717) is 24.4 Å². The van der Waals surface area contributed by atoms with E-state index in [9.17, 15) is 4.79 Å². The molecule has 0 radical (unpaired) electrons. The first-order chi connectivity index (χ1) is 12.2. The molecule has 0 aliphatic carbocycles. The molecule has 0 saturated carbocycles. The monoisotopic (exact) mass is 360 g/mol. The van der Waals surface area contributed by atoms with Crippen LogP contribution in [0.2, 0.25) is 0 Å². The number of aliphatic imine (C=N–C) groups is 1. The molecule has 3 N–H and O–H groups in total. The molecule has 2 rings (SSSR count). The van der Waals surface area contributed by atoms with Crippen LogP contribution >= 0.6 is 11.3 Å². The maximum absolute atomic E-state index is 12.1. The summed E-state index contributed by atoms with van der Waals surface area (Å²) < 4.78 is 5.13. The second-order valence-corrected chi connectivity index (χ2v) is 6.28. The zero-order valence-corrected chi connectivity index (χ0v) is 15.4. The Morgan fingerprint density at radius 2 is 1.92 bits per heavy atom. The van der Waals surface area contributed by atoms with E-state index in [2.05, 4.69) is 38.5 Å². The fourth-order valence-corrected chi connectivity index (χ4v) is 2.91. The summed E-state index contributed by atoms with van der Waals surface area (Å²) in [6, 6.07) is 11.3. The predicted molar refractivity (Wildman–Crippen MR) is 103 cm³/mol. The molecule has 0 spiro atoms. The SMILES string of the molecule is CN=C(NCCNC(=O)c1cccc(OC)c1)NCCc1cccs1. The number of amides is 1. The summed E-state index contributed by atoms with van der Waals surface area (Å²) in [5.74, 6) is 1.27. The average Bonchev–Trinajstić information content (AvgIpc) is 3.17. The molecule has 6 nitrogen and oxygen atoms in total. The molecule has 134 valence electrons. The van der Waals surface area contributed by atoms with Gasteiger partial charge in [-0.05, 0) is 36.1 Å². The minimum atomic E-state index is -0.124. The number of nitrogens with zero attached hydrogens (tertiary/aromatic N) is 1. The molecule has 1 aromatic heterocycles. The maximum Gasteiger partial charge on any atom is 0.251 e. The molecular weight excluding hydrogens is 336 g/mol. The predicted octanol–water partition coefficient (Wildman–Crippen LogP) is 1.89. The van der Waals surface area contributed by atoms with Crippen LogP contribution < -0.4 is 20.7 Å². The van der Waals surface area contributed by atoms with Crippen LogP contribution in [0, 0.1) is 0 Å². The Hall–Kier alpha value is -2.54. The number of carbonyl (C=O) groups is 1. The third-order valence-electron chi connectivity index (χ3n) is 3.50. The molecule has 0 saturated heterocycles. The number of carbonyl (C=O) groups excluding carboxylic acids is 1. The van der Waals surface area contributed by atoms with Gasteiger partial charge in [-0.3, -0.25) is 9.79 Å². The van der Waals surface area contributed by atoms with Crippen molar-refractivity contribution in [3.05, 3.63) is 52.2 Å². The van der Waals surface area contributed by atoms with Crippen LogP contribution in [0.1, 0.15) is 15.2 Å². The summed E-state index contributed by atoms with van der Waals surface area (Å²) in [5, 5.41) is 11.4. The Labute approximate surface area is 152 Å². The third kappa shape index (κ3) is 6.46. The molecule has 7 heteroatoms. The van der Waals surface area contributed by atoms with Gasteiger partial charge in [0.05, 0.1) is 7.11 Å². The Kier molecular flexibility index (Phi) is 7.78. The first-order valence-electron chi connectivity index (χ1n) is 8.12. The lowest BCUT2D eigenvalue weighted by atomic mass is 10.2. The summed E-state index contributed by atoms with van der Waals surface area (Å²) in [6.07, 6.45) is 0.963. The number of guanidine groups is 1. The minimum absolute atomic E-state index is 0.124. The van der Waals surface area contributed by atoms with Crippen molar-refractivity contribution in [2.24, 2.45) is 4.99 Å². The van der Waals surface area contributed by atoms with E-state index in [1.807, 2.05) is 6.07 Å². The molecule has 1 heterocycles. The first-order valence-corrected chi connectivity index (χ1v) is 9.00. The van der Waals surface area contributed by atoms with Gasteiger partial charge in [0.15, 0.2) is 5.96 Å².